The average Bonchev–Trinajstić information content (AvgIpc) is 3.99. The van der Waals surface area contributed by atoms with Gasteiger partial charge in [-0.25, -0.2) is 0 Å². The van der Waals surface area contributed by atoms with Crippen LogP contribution in [0.15, 0.2) is 231 Å². The number of fused-ring (bicyclic) bond motifs is 13. The number of rotatable bonds is 8. The van der Waals surface area contributed by atoms with Crippen LogP contribution < -0.4 is 0 Å². The fourth-order valence-corrected chi connectivity index (χ4v) is 11.4. The number of nitrogens with zero attached hydrogens (tertiary/aromatic N) is 1. The van der Waals surface area contributed by atoms with Crippen LogP contribution in [0.25, 0.3) is 72.0 Å². The second kappa shape index (κ2) is 15.0. The van der Waals surface area contributed by atoms with E-state index in [0.717, 1.165) is 35.2 Å². The zero-order chi connectivity index (χ0) is 42.9. The summed E-state index contributed by atoms with van der Waals surface area (Å²) in [6.07, 6.45) is 1.75. The zero-order valence-electron chi connectivity index (χ0n) is 35.9. The Kier molecular flexibility index (Phi) is 8.62. The van der Waals surface area contributed by atoms with E-state index in [1.165, 1.54) is 88.6 Å². The lowest BCUT2D eigenvalue weighted by atomic mass is 9.70. The zero-order valence-corrected chi connectivity index (χ0v) is 35.9. The molecule has 0 amide bonds. The van der Waals surface area contributed by atoms with Gasteiger partial charge in [0.15, 0.2) is 0 Å². The van der Waals surface area contributed by atoms with Gasteiger partial charge in [-0.2, -0.15) is 0 Å². The van der Waals surface area contributed by atoms with Crippen molar-refractivity contribution in [2.75, 3.05) is 0 Å². The molecule has 1 unspecified atom stereocenters. The van der Waals surface area contributed by atoms with Crippen molar-refractivity contribution in [3.05, 3.63) is 282 Å². The normalized spacial score (nSPS) is 13.3. The van der Waals surface area contributed by atoms with Crippen molar-refractivity contribution in [2.45, 2.75) is 24.2 Å². The molecule has 0 radical (unpaired) electrons. The predicted molar refractivity (Wildman–Crippen MR) is 269 cm³/mol. The minimum atomic E-state index is -0.359. The molecule has 2 aliphatic carbocycles. The summed E-state index contributed by atoms with van der Waals surface area (Å²) in [6.45, 7) is 0. The first-order chi connectivity index (χ1) is 32.2. The third-order valence-electron chi connectivity index (χ3n) is 14.3. The van der Waals surface area contributed by atoms with Gasteiger partial charge in [0.05, 0.1) is 16.4 Å². The molecule has 13 rings (SSSR count). The van der Waals surface area contributed by atoms with Crippen LogP contribution in [-0.4, -0.2) is 4.57 Å². The highest BCUT2D eigenvalue weighted by molar-refractivity contribution is 6.09. The molecule has 10 aromatic carbocycles. The van der Waals surface area contributed by atoms with Gasteiger partial charge in [0.1, 0.15) is 0 Å². The van der Waals surface area contributed by atoms with Crippen LogP contribution in [0.4, 0.5) is 0 Å². The van der Waals surface area contributed by atoms with E-state index in [2.05, 4.69) is 247 Å². The molecule has 1 heteroatoms. The van der Waals surface area contributed by atoms with Crippen LogP contribution in [0.1, 0.15) is 44.9 Å². The summed E-state index contributed by atoms with van der Waals surface area (Å²) in [4.78, 5) is 0. The summed E-state index contributed by atoms with van der Waals surface area (Å²) in [6, 6.07) is 92.5. The quantitative estimate of drug-likeness (QED) is 0.144. The number of aromatic nitrogens is 1. The molecule has 0 aliphatic heterocycles. The molecule has 1 aromatic heterocycles. The molecule has 65 heavy (non-hydrogen) atoms. The summed E-state index contributed by atoms with van der Waals surface area (Å²) >= 11 is 0. The first-order valence-corrected chi connectivity index (χ1v) is 22.8. The summed E-state index contributed by atoms with van der Waals surface area (Å²) < 4.78 is 2.37. The SMILES string of the molecule is c1c(CC(Cc2ccc3c(c2)C2(c4ccccc4-c4ccccc42)c2ccccc2-3)c2ccc(-c3ccccc3)cc2)ccc(-c2ccc(-n3c4ccccc4c4ccccc43)cc2)c#1. The molecular formula is C64H43N. The van der Waals surface area contributed by atoms with Crippen molar-refractivity contribution < 1.29 is 0 Å². The van der Waals surface area contributed by atoms with Crippen molar-refractivity contribution >= 4 is 21.8 Å². The highest BCUT2D eigenvalue weighted by atomic mass is 15.0. The number of hydrogen-bond donors (Lipinski definition) is 0. The first-order valence-electron chi connectivity index (χ1n) is 22.8. The Morgan fingerprint density at radius 3 is 1.51 bits per heavy atom. The molecule has 1 atom stereocenters. The lowest BCUT2D eigenvalue weighted by Crippen LogP contribution is -2.26. The molecule has 1 nitrogen and oxygen atoms in total. The number of benzene rings is 9. The highest BCUT2D eigenvalue weighted by Crippen LogP contribution is 2.62. The van der Waals surface area contributed by atoms with E-state index in [9.17, 15) is 0 Å². The maximum atomic E-state index is 3.63. The van der Waals surface area contributed by atoms with Gasteiger partial charge in [0.2, 0.25) is 0 Å². The maximum Gasteiger partial charge on any atom is 0.0725 e. The molecule has 11 aromatic rings. The van der Waals surface area contributed by atoms with Crippen molar-refractivity contribution in [2.24, 2.45) is 0 Å². The van der Waals surface area contributed by atoms with Crippen molar-refractivity contribution in [1.82, 2.24) is 4.57 Å². The van der Waals surface area contributed by atoms with Crippen LogP contribution in [0.2, 0.25) is 0 Å². The van der Waals surface area contributed by atoms with Gasteiger partial charge in [0, 0.05) is 27.6 Å². The first kappa shape index (κ1) is 37.4. The second-order valence-electron chi connectivity index (χ2n) is 17.8. The molecule has 0 bridgehead atoms. The summed E-state index contributed by atoms with van der Waals surface area (Å²) in [5, 5.41) is 2.54. The molecule has 1 heterocycles. The Bertz CT molecular complexity index is 3460. The molecular weight excluding hydrogens is 783 g/mol. The third-order valence-corrected chi connectivity index (χ3v) is 14.3. The second-order valence-corrected chi connectivity index (χ2v) is 17.8. The molecule has 1 spiro atoms. The minimum Gasteiger partial charge on any atom is -0.309 e. The smallest absolute Gasteiger partial charge is 0.0725 e. The lowest BCUT2D eigenvalue weighted by Gasteiger charge is -2.31. The van der Waals surface area contributed by atoms with Crippen molar-refractivity contribution in [3.63, 3.8) is 0 Å². The van der Waals surface area contributed by atoms with Crippen LogP contribution in [0.5, 0.6) is 0 Å². The largest absolute Gasteiger partial charge is 0.309 e. The minimum absolute atomic E-state index is 0.224. The third kappa shape index (κ3) is 5.88. The highest BCUT2D eigenvalue weighted by Gasteiger charge is 2.51. The lowest BCUT2D eigenvalue weighted by molar-refractivity contribution is 0.678. The Labute approximate surface area is 380 Å². The Morgan fingerprint density at radius 1 is 0.385 bits per heavy atom. The fraction of sp³-hybridized carbons (Fsp3) is 0.0625. The summed E-state index contributed by atoms with van der Waals surface area (Å²) in [5.74, 6) is 0.224. The number of para-hydroxylation sites is 2. The molecule has 2 aliphatic rings. The van der Waals surface area contributed by atoms with E-state index < -0.39 is 0 Å². The van der Waals surface area contributed by atoms with Gasteiger partial charge >= 0.3 is 0 Å². The molecule has 0 saturated carbocycles. The van der Waals surface area contributed by atoms with Crippen molar-refractivity contribution in [1.29, 1.82) is 0 Å². The van der Waals surface area contributed by atoms with Gasteiger partial charge in [-0.05, 0) is 127 Å². The van der Waals surface area contributed by atoms with Gasteiger partial charge < -0.3 is 4.57 Å². The molecule has 304 valence electrons. The number of hydrogen-bond acceptors (Lipinski definition) is 0. The van der Waals surface area contributed by atoms with Gasteiger partial charge in [-0.1, -0.05) is 206 Å². The average molecular weight is 826 g/mol. The Balaban J connectivity index is 0.852. The summed E-state index contributed by atoms with van der Waals surface area (Å²) in [5.41, 5.74) is 22.6. The summed E-state index contributed by atoms with van der Waals surface area (Å²) in [7, 11) is 0. The predicted octanol–water partition coefficient (Wildman–Crippen LogP) is 15.6. The maximum absolute atomic E-state index is 3.63. The standard InChI is InChI=1S/C64H43N/c1-2-14-45(15-3-1)47-31-33-49(34-32-47)50(40-43-26-29-46(30-27-43)48-35-37-51(38-36-48)65-62-24-12-7-19-56(62)57-20-8-13-25-63(57)65)41-44-28-39-55-54-18-6-11-23-60(54)64(61(55)42-44)58-21-9-4-16-52(58)53-17-5-10-22-59(53)64/h1-26,28-29,31-39,42,50H,40-41H2. The Hall–Kier alpha value is -8.18. The molecule has 0 N–H and O–H groups in total. The van der Waals surface area contributed by atoms with Crippen LogP contribution in [-0.2, 0) is 18.3 Å². The molecule has 0 saturated heterocycles. The van der Waals surface area contributed by atoms with E-state index in [0.29, 0.717) is 0 Å². The fourth-order valence-electron chi connectivity index (χ4n) is 11.4. The van der Waals surface area contributed by atoms with Gasteiger partial charge in [0.25, 0.3) is 0 Å². The van der Waals surface area contributed by atoms with E-state index in [4.69, 9.17) is 0 Å². The van der Waals surface area contributed by atoms with Crippen LogP contribution in [0.3, 0.4) is 0 Å². The topological polar surface area (TPSA) is 4.93 Å². The van der Waals surface area contributed by atoms with Crippen LogP contribution >= 0.6 is 0 Å². The van der Waals surface area contributed by atoms with Gasteiger partial charge in [-0.3, -0.25) is 0 Å². The van der Waals surface area contributed by atoms with Crippen LogP contribution in [0, 0.1) is 12.1 Å². The van der Waals surface area contributed by atoms with Gasteiger partial charge in [-0.15, -0.1) is 0 Å². The molecule has 0 fully saturated rings. The van der Waals surface area contributed by atoms with E-state index in [1.807, 2.05) is 0 Å². The van der Waals surface area contributed by atoms with E-state index >= 15 is 0 Å². The van der Waals surface area contributed by atoms with Crippen molar-refractivity contribution in [3.8, 4) is 50.2 Å². The monoisotopic (exact) mass is 825 g/mol. The van der Waals surface area contributed by atoms with E-state index in [-0.39, 0.29) is 11.3 Å². The Morgan fingerprint density at radius 2 is 0.908 bits per heavy atom. The van der Waals surface area contributed by atoms with E-state index in [1.54, 1.807) is 0 Å².